The summed E-state index contributed by atoms with van der Waals surface area (Å²) >= 11 is 0. The molecule has 2 aliphatic carbocycles. The number of ether oxygens (including phenoxy) is 1. The topological polar surface area (TPSA) is 58.6 Å². The molecule has 0 unspecified atom stereocenters. The van der Waals surface area contributed by atoms with Gasteiger partial charge in [0.05, 0.1) is 6.10 Å². The van der Waals surface area contributed by atoms with E-state index in [2.05, 4.69) is 5.32 Å². The van der Waals surface area contributed by atoms with Gasteiger partial charge >= 0.3 is 0 Å². The average molecular weight is 227 g/mol. The second-order valence-corrected chi connectivity index (χ2v) is 4.98. The van der Waals surface area contributed by atoms with E-state index in [1.54, 1.807) is 0 Å². The van der Waals surface area contributed by atoms with E-state index in [9.17, 15) is 4.79 Å². The van der Waals surface area contributed by atoms with Crippen LogP contribution < -0.4 is 5.32 Å². The molecule has 1 amide bonds. The molecule has 92 valence electrons. The van der Waals surface area contributed by atoms with E-state index in [4.69, 9.17) is 9.84 Å². The van der Waals surface area contributed by atoms with Crippen LogP contribution in [0.3, 0.4) is 0 Å². The van der Waals surface area contributed by atoms with Crippen LogP contribution in [0.5, 0.6) is 0 Å². The first-order chi connectivity index (χ1) is 7.78. The van der Waals surface area contributed by atoms with Gasteiger partial charge in [0.25, 0.3) is 0 Å². The van der Waals surface area contributed by atoms with E-state index in [0.717, 1.165) is 38.5 Å². The first-order valence-corrected chi connectivity index (χ1v) is 6.29. The van der Waals surface area contributed by atoms with Gasteiger partial charge in [-0.1, -0.05) is 0 Å². The second-order valence-electron chi connectivity index (χ2n) is 4.98. The number of rotatable bonds is 5. The van der Waals surface area contributed by atoms with Crippen molar-refractivity contribution in [2.75, 3.05) is 13.2 Å². The minimum Gasteiger partial charge on any atom is -0.396 e. The average Bonchev–Trinajstić information content (AvgIpc) is 3.11. The van der Waals surface area contributed by atoms with Gasteiger partial charge < -0.3 is 15.2 Å². The molecule has 0 aliphatic heterocycles. The highest BCUT2D eigenvalue weighted by molar-refractivity contribution is 5.77. The Bertz CT molecular complexity index is 232. The van der Waals surface area contributed by atoms with Gasteiger partial charge in [-0.15, -0.1) is 0 Å². The quantitative estimate of drug-likeness (QED) is 0.731. The molecule has 2 fully saturated rings. The van der Waals surface area contributed by atoms with Gasteiger partial charge in [0.15, 0.2) is 0 Å². The summed E-state index contributed by atoms with van der Waals surface area (Å²) < 4.78 is 5.57. The molecule has 2 N–H and O–H groups in total. The highest BCUT2D eigenvalue weighted by Crippen LogP contribution is 2.25. The molecule has 0 spiro atoms. The van der Waals surface area contributed by atoms with E-state index in [-0.39, 0.29) is 25.2 Å². The van der Waals surface area contributed by atoms with E-state index in [1.165, 1.54) is 0 Å². The van der Waals surface area contributed by atoms with E-state index in [1.807, 2.05) is 0 Å². The van der Waals surface area contributed by atoms with Gasteiger partial charge in [-0.05, 0) is 44.4 Å². The van der Waals surface area contributed by atoms with Gasteiger partial charge in [0.2, 0.25) is 5.91 Å². The largest absolute Gasteiger partial charge is 0.396 e. The summed E-state index contributed by atoms with van der Waals surface area (Å²) in [6.45, 7) is 0.486. The van der Waals surface area contributed by atoms with Gasteiger partial charge in [0.1, 0.15) is 6.61 Å². The maximum Gasteiger partial charge on any atom is 0.246 e. The van der Waals surface area contributed by atoms with Crippen molar-refractivity contribution in [3.05, 3.63) is 0 Å². The van der Waals surface area contributed by atoms with Gasteiger partial charge in [-0.25, -0.2) is 0 Å². The molecular formula is C12H21NO3. The number of amides is 1. The Hall–Kier alpha value is -0.610. The predicted octanol–water partition coefficient (Wildman–Crippen LogP) is 0.833. The fourth-order valence-electron chi connectivity index (χ4n) is 2.17. The van der Waals surface area contributed by atoms with Crippen molar-refractivity contribution in [3.63, 3.8) is 0 Å². The van der Waals surface area contributed by atoms with Gasteiger partial charge in [-0.3, -0.25) is 4.79 Å². The summed E-state index contributed by atoms with van der Waals surface area (Å²) in [4.78, 5) is 11.4. The maximum atomic E-state index is 11.4. The molecule has 4 nitrogen and oxygen atoms in total. The van der Waals surface area contributed by atoms with Crippen LogP contribution in [0, 0.1) is 5.92 Å². The molecule has 4 heteroatoms. The Morgan fingerprint density at radius 2 is 1.88 bits per heavy atom. The fourth-order valence-corrected chi connectivity index (χ4v) is 2.17. The number of aliphatic hydroxyl groups is 1. The van der Waals surface area contributed by atoms with Crippen molar-refractivity contribution in [1.82, 2.24) is 5.32 Å². The molecule has 0 aromatic heterocycles. The third-order valence-electron chi connectivity index (χ3n) is 3.44. The van der Waals surface area contributed by atoms with Crippen molar-refractivity contribution in [1.29, 1.82) is 0 Å². The molecule has 2 aliphatic rings. The predicted molar refractivity (Wildman–Crippen MR) is 59.9 cm³/mol. The summed E-state index contributed by atoms with van der Waals surface area (Å²) in [6.07, 6.45) is 6.44. The zero-order valence-electron chi connectivity index (χ0n) is 9.65. The first kappa shape index (κ1) is 11.9. The summed E-state index contributed by atoms with van der Waals surface area (Å²) in [5.74, 6) is 0.465. The Morgan fingerprint density at radius 1 is 1.19 bits per heavy atom. The first-order valence-electron chi connectivity index (χ1n) is 6.29. The van der Waals surface area contributed by atoms with E-state index < -0.39 is 0 Å². The number of nitrogens with one attached hydrogen (secondary N) is 1. The van der Waals surface area contributed by atoms with Crippen molar-refractivity contribution in [2.45, 2.75) is 50.7 Å². The summed E-state index contributed by atoms with van der Waals surface area (Å²) in [5, 5.41) is 11.9. The molecule has 0 saturated heterocycles. The van der Waals surface area contributed by atoms with Crippen molar-refractivity contribution >= 4 is 5.91 Å². The SMILES string of the molecule is O=C(COC1CCC(CO)CC1)NC1CC1. The Labute approximate surface area is 96.4 Å². The van der Waals surface area contributed by atoms with Crippen LogP contribution in [0.15, 0.2) is 0 Å². The van der Waals surface area contributed by atoms with Crippen LogP contribution in [0.25, 0.3) is 0 Å². The second kappa shape index (κ2) is 5.64. The molecule has 0 atom stereocenters. The zero-order valence-corrected chi connectivity index (χ0v) is 9.65. The molecular weight excluding hydrogens is 206 g/mol. The molecule has 0 heterocycles. The van der Waals surface area contributed by atoms with Gasteiger partial charge in [-0.2, -0.15) is 0 Å². The summed E-state index contributed by atoms with van der Waals surface area (Å²) in [7, 11) is 0. The number of carbonyl (C=O) groups is 1. The highest BCUT2D eigenvalue weighted by Gasteiger charge is 2.25. The van der Waals surface area contributed by atoms with Crippen LogP contribution in [0.1, 0.15) is 38.5 Å². The summed E-state index contributed by atoms with van der Waals surface area (Å²) in [6, 6.07) is 0.418. The standard InChI is InChI=1S/C12H21NO3/c14-7-9-1-5-11(6-2-9)16-8-12(15)13-10-3-4-10/h9-11,14H,1-8H2,(H,13,15). The van der Waals surface area contributed by atoms with Crippen molar-refractivity contribution in [2.24, 2.45) is 5.92 Å². The fraction of sp³-hybridized carbons (Fsp3) is 0.917. The number of hydrogen-bond donors (Lipinski definition) is 2. The van der Waals surface area contributed by atoms with Crippen molar-refractivity contribution in [3.8, 4) is 0 Å². The molecule has 0 radical (unpaired) electrons. The lowest BCUT2D eigenvalue weighted by molar-refractivity contribution is -0.128. The number of carbonyl (C=O) groups excluding carboxylic acids is 1. The van der Waals surface area contributed by atoms with E-state index in [0.29, 0.717) is 12.0 Å². The molecule has 0 bridgehead atoms. The molecule has 2 saturated carbocycles. The maximum absolute atomic E-state index is 11.4. The molecule has 0 aromatic rings. The van der Waals surface area contributed by atoms with Crippen LogP contribution in [0.2, 0.25) is 0 Å². The van der Waals surface area contributed by atoms with Crippen LogP contribution in [-0.2, 0) is 9.53 Å². The molecule has 16 heavy (non-hydrogen) atoms. The third kappa shape index (κ3) is 3.76. The lowest BCUT2D eigenvalue weighted by Crippen LogP contribution is -2.32. The lowest BCUT2D eigenvalue weighted by Gasteiger charge is -2.27. The third-order valence-corrected chi connectivity index (χ3v) is 3.44. The smallest absolute Gasteiger partial charge is 0.246 e. The lowest BCUT2D eigenvalue weighted by atomic mass is 9.88. The normalized spacial score (nSPS) is 30.1. The number of aliphatic hydroxyl groups excluding tert-OH is 1. The van der Waals surface area contributed by atoms with Gasteiger partial charge in [0, 0.05) is 12.6 Å². The van der Waals surface area contributed by atoms with Crippen LogP contribution in [-0.4, -0.2) is 36.4 Å². The minimum absolute atomic E-state index is 0.0202. The van der Waals surface area contributed by atoms with Crippen LogP contribution >= 0.6 is 0 Å². The highest BCUT2D eigenvalue weighted by atomic mass is 16.5. The number of hydrogen-bond acceptors (Lipinski definition) is 3. The van der Waals surface area contributed by atoms with Crippen molar-refractivity contribution < 1.29 is 14.6 Å². The Morgan fingerprint density at radius 3 is 2.44 bits per heavy atom. The minimum atomic E-state index is 0.0202. The summed E-state index contributed by atoms with van der Waals surface area (Å²) in [5.41, 5.74) is 0. The zero-order chi connectivity index (χ0) is 11.4. The Kier molecular flexibility index (Phi) is 4.18. The van der Waals surface area contributed by atoms with E-state index >= 15 is 0 Å². The monoisotopic (exact) mass is 227 g/mol. The molecule has 0 aromatic carbocycles. The molecule has 2 rings (SSSR count). The van der Waals surface area contributed by atoms with Crippen LogP contribution in [0.4, 0.5) is 0 Å². The Balaban J connectivity index is 1.57.